The maximum absolute atomic E-state index is 5.76. The lowest BCUT2D eigenvalue weighted by Crippen LogP contribution is -2.08. The van der Waals surface area contributed by atoms with Gasteiger partial charge in [-0.25, -0.2) is 4.98 Å². The van der Waals surface area contributed by atoms with Gasteiger partial charge < -0.3 is 10.7 Å². The Kier molecular flexibility index (Phi) is 3.85. The number of H-pyrrole nitrogens is 1. The van der Waals surface area contributed by atoms with Crippen LogP contribution in [0.3, 0.4) is 0 Å². The van der Waals surface area contributed by atoms with Crippen molar-refractivity contribution in [1.82, 2.24) is 9.97 Å². The van der Waals surface area contributed by atoms with Crippen LogP contribution < -0.4 is 5.73 Å². The van der Waals surface area contributed by atoms with Gasteiger partial charge in [0.05, 0.1) is 5.25 Å². The van der Waals surface area contributed by atoms with Crippen LogP contribution >= 0.6 is 39.0 Å². The molecular formula is C9H10BrN3S2. The third-order valence-corrected chi connectivity index (χ3v) is 4.98. The van der Waals surface area contributed by atoms with Gasteiger partial charge in [-0.05, 0) is 22.0 Å². The summed E-state index contributed by atoms with van der Waals surface area (Å²) in [4.78, 5) is 8.52. The van der Waals surface area contributed by atoms with Gasteiger partial charge in [-0.2, -0.15) is 0 Å². The minimum Gasteiger partial charge on any atom is -0.340 e. The van der Waals surface area contributed by atoms with Gasteiger partial charge in [-0.15, -0.1) is 11.3 Å². The van der Waals surface area contributed by atoms with Crippen LogP contribution in [0.25, 0.3) is 0 Å². The molecule has 0 saturated heterocycles. The van der Waals surface area contributed by atoms with Crippen molar-refractivity contribution in [2.24, 2.45) is 5.73 Å². The summed E-state index contributed by atoms with van der Waals surface area (Å²) in [5, 5.41) is 3.25. The SMILES string of the molecule is NCC(Sc1ncc[nH]1)c1cc(Br)cs1. The Bertz CT molecular complexity index is 413. The van der Waals surface area contributed by atoms with Crippen molar-refractivity contribution < 1.29 is 0 Å². The second-order valence-corrected chi connectivity index (χ2v) is 5.95. The largest absolute Gasteiger partial charge is 0.340 e. The lowest BCUT2D eigenvalue weighted by Gasteiger charge is -2.09. The number of hydrogen-bond donors (Lipinski definition) is 2. The third-order valence-electron chi connectivity index (χ3n) is 1.85. The Labute approximate surface area is 105 Å². The zero-order valence-corrected chi connectivity index (χ0v) is 11.0. The van der Waals surface area contributed by atoms with Gasteiger partial charge in [0, 0.05) is 33.7 Å². The van der Waals surface area contributed by atoms with Crippen molar-refractivity contribution in [3.05, 3.63) is 33.2 Å². The van der Waals surface area contributed by atoms with Gasteiger partial charge in [0.15, 0.2) is 5.16 Å². The Balaban J connectivity index is 2.11. The summed E-state index contributed by atoms with van der Waals surface area (Å²) >= 11 is 6.82. The molecule has 3 N–H and O–H groups in total. The van der Waals surface area contributed by atoms with Crippen molar-refractivity contribution >= 4 is 39.0 Å². The molecule has 0 aliphatic carbocycles. The van der Waals surface area contributed by atoms with Crippen molar-refractivity contribution in [1.29, 1.82) is 0 Å². The van der Waals surface area contributed by atoms with Crippen LogP contribution in [0.15, 0.2) is 33.5 Å². The number of nitrogens with zero attached hydrogens (tertiary/aromatic N) is 1. The quantitative estimate of drug-likeness (QED) is 0.854. The maximum atomic E-state index is 5.76. The zero-order valence-electron chi connectivity index (χ0n) is 7.81. The first-order valence-electron chi connectivity index (χ1n) is 4.39. The fourth-order valence-electron chi connectivity index (χ4n) is 1.17. The summed E-state index contributed by atoms with van der Waals surface area (Å²) in [6.45, 7) is 0.609. The number of nitrogens with two attached hydrogens (primary N) is 1. The Morgan fingerprint density at radius 2 is 2.53 bits per heavy atom. The van der Waals surface area contributed by atoms with Crippen LogP contribution in [0.4, 0.5) is 0 Å². The van der Waals surface area contributed by atoms with Crippen LogP contribution in [0.1, 0.15) is 10.1 Å². The molecule has 0 bridgehead atoms. The zero-order chi connectivity index (χ0) is 10.7. The second kappa shape index (κ2) is 5.16. The first-order valence-corrected chi connectivity index (χ1v) is 6.95. The van der Waals surface area contributed by atoms with Gasteiger partial charge in [-0.3, -0.25) is 0 Å². The van der Waals surface area contributed by atoms with Crippen molar-refractivity contribution in [2.75, 3.05) is 6.54 Å². The molecule has 0 radical (unpaired) electrons. The van der Waals surface area contributed by atoms with Crippen LogP contribution in [-0.2, 0) is 0 Å². The van der Waals surface area contributed by atoms with Crippen molar-refractivity contribution in [2.45, 2.75) is 10.4 Å². The molecule has 15 heavy (non-hydrogen) atoms. The van der Waals surface area contributed by atoms with Crippen LogP contribution in [0, 0.1) is 0 Å². The number of aromatic nitrogens is 2. The van der Waals surface area contributed by atoms with Gasteiger partial charge in [-0.1, -0.05) is 11.8 Å². The summed E-state index contributed by atoms with van der Waals surface area (Å²) in [6.07, 6.45) is 3.57. The minimum atomic E-state index is 0.271. The van der Waals surface area contributed by atoms with Gasteiger partial charge in [0.25, 0.3) is 0 Å². The third kappa shape index (κ3) is 2.84. The number of rotatable bonds is 4. The van der Waals surface area contributed by atoms with Crippen molar-refractivity contribution in [3.63, 3.8) is 0 Å². The molecule has 80 valence electrons. The first-order chi connectivity index (χ1) is 7.29. The fraction of sp³-hybridized carbons (Fsp3) is 0.222. The minimum absolute atomic E-state index is 0.271. The second-order valence-electron chi connectivity index (χ2n) is 2.90. The molecule has 0 aliphatic heterocycles. The molecule has 1 atom stereocenters. The predicted molar refractivity (Wildman–Crippen MR) is 68.3 cm³/mol. The van der Waals surface area contributed by atoms with E-state index in [0.717, 1.165) is 9.63 Å². The average molecular weight is 304 g/mol. The predicted octanol–water partition coefficient (Wildman–Crippen LogP) is 3.03. The molecule has 2 heterocycles. The number of imidazole rings is 1. The van der Waals surface area contributed by atoms with E-state index in [1.54, 1.807) is 29.3 Å². The molecule has 1 unspecified atom stereocenters. The van der Waals surface area contributed by atoms with E-state index in [1.165, 1.54) is 4.88 Å². The Morgan fingerprint density at radius 1 is 1.67 bits per heavy atom. The van der Waals surface area contributed by atoms with E-state index < -0.39 is 0 Å². The molecule has 0 saturated carbocycles. The molecule has 2 aromatic rings. The van der Waals surface area contributed by atoms with E-state index in [4.69, 9.17) is 5.73 Å². The molecule has 0 aliphatic rings. The average Bonchev–Trinajstić information content (AvgIpc) is 2.85. The standard InChI is InChI=1S/C9H10BrN3S2/c10-6-3-7(14-5-6)8(4-11)15-9-12-1-2-13-9/h1-3,5,8H,4,11H2,(H,12,13). The van der Waals surface area contributed by atoms with Crippen LogP contribution in [0.2, 0.25) is 0 Å². The lowest BCUT2D eigenvalue weighted by atomic mass is 10.3. The molecule has 2 aromatic heterocycles. The van der Waals surface area contributed by atoms with E-state index >= 15 is 0 Å². The van der Waals surface area contributed by atoms with Crippen LogP contribution in [0.5, 0.6) is 0 Å². The highest BCUT2D eigenvalue weighted by molar-refractivity contribution is 9.10. The number of halogens is 1. The molecule has 3 nitrogen and oxygen atoms in total. The topological polar surface area (TPSA) is 54.7 Å². The smallest absolute Gasteiger partial charge is 0.165 e. The molecule has 0 aromatic carbocycles. The van der Waals surface area contributed by atoms with E-state index in [9.17, 15) is 0 Å². The highest BCUT2D eigenvalue weighted by atomic mass is 79.9. The maximum Gasteiger partial charge on any atom is 0.165 e. The summed E-state index contributed by atoms with van der Waals surface area (Å²) < 4.78 is 1.11. The highest BCUT2D eigenvalue weighted by Crippen LogP contribution is 2.36. The molecule has 2 rings (SSSR count). The summed E-state index contributed by atoms with van der Waals surface area (Å²) in [7, 11) is 0. The lowest BCUT2D eigenvalue weighted by molar-refractivity contribution is 0.943. The first kappa shape index (κ1) is 11.2. The number of thiophene rings is 1. The van der Waals surface area contributed by atoms with Gasteiger partial charge >= 0.3 is 0 Å². The highest BCUT2D eigenvalue weighted by Gasteiger charge is 2.14. The molecule has 0 fully saturated rings. The normalized spacial score (nSPS) is 12.9. The van der Waals surface area contributed by atoms with Gasteiger partial charge in [0.2, 0.25) is 0 Å². The van der Waals surface area contributed by atoms with Gasteiger partial charge in [0.1, 0.15) is 0 Å². The molecular weight excluding hydrogens is 294 g/mol. The molecule has 6 heteroatoms. The molecule has 0 spiro atoms. The van der Waals surface area contributed by atoms with E-state index in [0.29, 0.717) is 6.54 Å². The monoisotopic (exact) mass is 303 g/mol. The number of nitrogens with one attached hydrogen (secondary N) is 1. The van der Waals surface area contributed by atoms with Crippen LogP contribution in [-0.4, -0.2) is 16.5 Å². The van der Waals surface area contributed by atoms with E-state index in [2.05, 4.69) is 37.3 Å². The molecule has 0 amide bonds. The van der Waals surface area contributed by atoms with E-state index in [1.807, 2.05) is 6.20 Å². The number of hydrogen-bond acceptors (Lipinski definition) is 4. The Morgan fingerprint density at radius 3 is 3.07 bits per heavy atom. The Hall–Kier alpha value is -0.300. The number of aromatic amines is 1. The van der Waals surface area contributed by atoms with Crippen molar-refractivity contribution in [3.8, 4) is 0 Å². The summed E-state index contributed by atoms with van der Waals surface area (Å²) in [5.74, 6) is 0. The van der Waals surface area contributed by atoms with E-state index in [-0.39, 0.29) is 5.25 Å². The fourth-order valence-corrected chi connectivity index (χ4v) is 3.73. The number of thioether (sulfide) groups is 1. The summed E-state index contributed by atoms with van der Waals surface area (Å²) in [6, 6.07) is 2.11. The summed E-state index contributed by atoms with van der Waals surface area (Å²) in [5.41, 5.74) is 5.76.